The van der Waals surface area contributed by atoms with E-state index in [0.717, 1.165) is 6.54 Å². The largest absolute Gasteiger partial charge is 0.348 e. The Morgan fingerprint density at radius 3 is 2.75 bits per heavy atom. The van der Waals surface area contributed by atoms with Gasteiger partial charge in [0.1, 0.15) is 5.82 Å². The first kappa shape index (κ1) is 12.6. The molecular formula is C10H19N5O. The Hall–Kier alpha value is -1.43. The van der Waals surface area contributed by atoms with Crippen molar-refractivity contribution in [2.24, 2.45) is 0 Å². The fourth-order valence-electron chi connectivity index (χ4n) is 1.13. The zero-order valence-corrected chi connectivity index (χ0v) is 10.2. The van der Waals surface area contributed by atoms with E-state index >= 15 is 0 Å². The molecule has 1 heterocycles. The second-order valence-electron chi connectivity index (χ2n) is 4.07. The first-order valence-electron chi connectivity index (χ1n) is 5.38. The van der Waals surface area contributed by atoms with Crippen molar-refractivity contribution >= 4 is 5.91 Å². The Labute approximate surface area is 95.4 Å². The molecular weight excluding hydrogens is 206 g/mol. The molecule has 0 saturated heterocycles. The summed E-state index contributed by atoms with van der Waals surface area (Å²) in [5.41, 5.74) is 0. The van der Waals surface area contributed by atoms with Crippen LogP contribution in [0, 0.1) is 6.92 Å². The van der Waals surface area contributed by atoms with E-state index in [1.165, 1.54) is 0 Å². The summed E-state index contributed by atoms with van der Waals surface area (Å²) in [5, 5.41) is 9.19. The van der Waals surface area contributed by atoms with Crippen LogP contribution in [0.1, 0.15) is 30.3 Å². The summed E-state index contributed by atoms with van der Waals surface area (Å²) in [5.74, 6) is 0.607. The van der Waals surface area contributed by atoms with E-state index in [2.05, 4.69) is 39.2 Å². The standard InChI is InChI=1S/C10H19N5O/c1-7(2)15(4)6-5-11-10(16)9-12-8(3)13-14-9/h7H,5-6H2,1-4H3,(H,11,16)(H,12,13,14). The Kier molecular flexibility index (Phi) is 4.42. The van der Waals surface area contributed by atoms with E-state index in [0.29, 0.717) is 18.4 Å². The topological polar surface area (TPSA) is 73.9 Å². The van der Waals surface area contributed by atoms with Gasteiger partial charge in [0.05, 0.1) is 0 Å². The fraction of sp³-hybridized carbons (Fsp3) is 0.700. The third-order valence-electron chi connectivity index (χ3n) is 2.43. The number of aromatic nitrogens is 3. The van der Waals surface area contributed by atoms with Crippen LogP contribution < -0.4 is 5.32 Å². The number of nitrogens with one attached hydrogen (secondary N) is 2. The third kappa shape index (κ3) is 3.62. The predicted octanol–water partition coefficient (Wildman–Crippen LogP) is 0.183. The zero-order valence-electron chi connectivity index (χ0n) is 10.2. The van der Waals surface area contributed by atoms with E-state index in [9.17, 15) is 4.79 Å². The Morgan fingerprint density at radius 1 is 1.56 bits per heavy atom. The van der Waals surface area contributed by atoms with E-state index in [4.69, 9.17) is 0 Å². The van der Waals surface area contributed by atoms with Gasteiger partial charge in [0.2, 0.25) is 5.82 Å². The Morgan fingerprint density at radius 2 is 2.25 bits per heavy atom. The molecule has 0 atom stereocenters. The number of H-pyrrole nitrogens is 1. The van der Waals surface area contributed by atoms with Gasteiger partial charge in [-0.2, -0.15) is 0 Å². The molecule has 0 aliphatic carbocycles. The SMILES string of the molecule is Cc1nc(C(=O)NCCN(C)C(C)C)n[nH]1. The molecule has 1 aromatic rings. The molecule has 0 aliphatic rings. The van der Waals surface area contributed by atoms with Crippen LogP contribution in [-0.4, -0.2) is 52.2 Å². The van der Waals surface area contributed by atoms with Crippen molar-refractivity contribution in [1.29, 1.82) is 0 Å². The maximum Gasteiger partial charge on any atom is 0.291 e. The van der Waals surface area contributed by atoms with Crippen molar-refractivity contribution in [3.63, 3.8) is 0 Å². The molecule has 0 fully saturated rings. The summed E-state index contributed by atoms with van der Waals surface area (Å²) in [6.45, 7) is 7.39. The van der Waals surface area contributed by atoms with Crippen LogP contribution in [0.5, 0.6) is 0 Å². The molecule has 6 nitrogen and oxygen atoms in total. The molecule has 0 spiro atoms. The molecule has 1 rings (SSSR count). The average molecular weight is 225 g/mol. The van der Waals surface area contributed by atoms with Gasteiger partial charge in [0, 0.05) is 19.1 Å². The smallest absolute Gasteiger partial charge is 0.291 e. The fourth-order valence-corrected chi connectivity index (χ4v) is 1.13. The molecule has 1 amide bonds. The lowest BCUT2D eigenvalue weighted by molar-refractivity contribution is 0.0938. The van der Waals surface area contributed by atoms with Crippen LogP contribution in [0.4, 0.5) is 0 Å². The number of aryl methyl sites for hydroxylation is 1. The quantitative estimate of drug-likeness (QED) is 0.750. The van der Waals surface area contributed by atoms with E-state index in [1.807, 2.05) is 7.05 Å². The van der Waals surface area contributed by atoms with Crippen molar-refractivity contribution in [2.45, 2.75) is 26.8 Å². The summed E-state index contributed by atoms with van der Waals surface area (Å²) in [7, 11) is 2.02. The first-order chi connectivity index (χ1) is 7.50. The lowest BCUT2D eigenvalue weighted by Crippen LogP contribution is -2.36. The van der Waals surface area contributed by atoms with Crippen LogP contribution in [0.2, 0.25) is 0 Å². The van der Waals surface area contributed by atoms with Crippen LogP contribution >= 0.6 is 0 Å². The minimum Gasteiger partial charge on any atom is -0.348 e. The number of nitrogens with zero attached hydrogens (tertiary/aromatic N) is 3. The van der Waals surface area contributed by atoms with Crippen molar-refractivity contribution in [1.82, 2.24) is 25.4 Å². The minimum absolute atomic E-state index is 0.199. The number of rotatable bonds is 5. The first-order valence-corrected chi connectivity index (χ1v) is 5.38. The number of carbonyl (C=O) groups is 1. The summed E-state index contributed by atoms with van der Waals surface area (Å²) in [4.78, 5) is 17.6. The van der Waals surface area contributed by atoms with E-state index < -0.39 is 0 Å². The summed E-state index contributed by atoms with van der Waals surface area (Å²) in [6.07, 6.45) is 0. The van der Waals surface area contributed by atoms with Gasteiger partial charge in [0.15, 0.2) is 0 Å². The third-order valence-corrected chi connectivity index (χ3v) is 2.43. The highest BCUT2D eigenvalue weighted by molar-refractivity contribution is 5.90. The van der Waals surface area contributed by atoms with Crippen molar-refractivity contribution in [2.75, 3.05) is 20.1 Å². The number of carbonyl (C=O) groups excluding carboxylic acids is 1. The predicted molar refractivity (Wildman–Crippen MR) is 61.2 cm³/mol. The van der Waals surface area contributed by atoms with Gasteiger partial charge in [-0.05, 0) is 27.8 Å². The maximum absolute atomic E-state index is 11.5. The average Bonchev–Trinajstić information content (AvgIpc) is 2.64. The lowest BCUT2D eigenvalue weighted by Gasteiger charge is -2.20. The van der Waals surface area contributed by atoms with Crippen molar-refractivity contribution in [3.8, 4) is 0 Å². The van der Waals surface area contributed by atoms with Crippen LogP contribution in [0.25, 0.3) is 0 Å². The van der Waals surface area contributed by atoms with Gasteiger partial charge in [-0.1, -0.05) is 0 Å². The monoisotopic (exact) mass is 225 g/mol. The molecule has 16 heavy (non-hydrogen) atoms. The highest BCUT2D eigenvalue weighted by Gasteiger charge is 2.10. The lowest BCUT2D eigenvalue weighted by atomic mass is 10.3. The molecule has 0 unspecified atom stereocenters. The van der Waals surface area contributed by atoms with Gasteiger partial charge in [0.25, 0.3) is 5.91 Å². The van der Waals surface area contributed by atoms with Gasteiger partial charge in [-0.3, -0.25) is 9.89 Å². The van der Waals surface area contributed by atoms with Crippen LogP contribution in [-0.2, 0) is 0 Å². The van der Waals surface area contributed by atoms with Crippen molar-refractivity contribution < 1.29 is 4.79 Å². The number of hydrogen-bond donors (Lipinski definition) is 2. The molecule has 0 aliphatic heterocycles. The van der Waals surface area contributed by atoms with E-state index in [1.54, 1.807) is 6.92 Å². The maximum atomic E-state index is 11.5. The molecule has 0 saturated carbocycles. The second-order valence-corrected chi connectivity index (χ2v) is 4.07. The highest BCUT2D eigenvalue weighted by atomic mass is 16.2. The Bertz CT molecular complexity index is 347. The van der Waals surface area contributed by atoms with Crippen LogP contribution in [0.15, 0.2) is 0 Å². The van der Waals surface area contributed by atoms with Crippen LogP contribution in [0.3, 0.4) is 0 Å². The highest BCUT2D eigenvalue weighted by Crippen LogP contribution is 1.92. The molecule has 0 bridgehead atoms. The van der Waals surface area contributed by atoms with Gasteiger partial charge >= 0.3 is 0 Å². The number of hydrogen-bond acceptors (Lipinski definition) is 4. The van der Waals surface area contributed by atoms with E-state index in [-0.39, 0.29) is 11.7 Å². The number of aromatic amines is 1. The zero-order chi connectivity index (χ0) is 12.1. The van der Waals surface area contributed by atoms with Gasteiger partial charge in [-0.25, -0.2) is 4.98 Å². The number of amides is 1. The molecule has 0 aromatic carbocycles. The normalized spacial score (nSPS) is 11.1. The molecule has 2 N–H and O–H groups in total. The summed E-state index contributed by atoms with van der Waals surface area (Å²) >= 11 is 0. The summed E-state index contributed by atoms with van der Waals surface area (Å²) in [6, 6.07) is 0.475. The van der Waals surface area contributed by atoms with Gasteiger partial charge < -0.3 is 10.2 Å². The molecule has 0 radical (unpaired) electrons. The van der Waals surface area contributed by atoms with Crippen molar-refractivity contribution in [3.05, 3.63) is 11.6 Å². The Balaban J connectivity index is 2.31. The second kappa shape index (κ2) is 5.60. The summed E-state index contributed by atoms with van der Waals surface area (Å²) < 4.78 is 0. The minimum atomic E-state index is -0.235. The molecule has 90 valence electrons. The molecule has 6 heteroatoms. The van der Waals surface area contributed by atoms with Gasteiger partial charge in [-0.15, -0.1) is 5.10 Å². The molecule has 1 aromatic heterocycles. The number of likely N-dealkylation sites (N-methyl/N-ethyl adjacent to an activating group) is 1.